The second-order valence-corrected chi connectivity index (χ2v) is 5.25. The van der Waals surface area contributed by atoms with E-state index in [0.29, 0.717) is 28.5 Å². The lowest BCUT2D eigenvalue weighted by Gasteiger charge is -2.10. The highest BCUT2D eigenvalue weighted by Crippen LogP contribution is 2.32. The first-order chi connectivity index (χ1) is 10.5. The molecule has 0 bridgehead atoms. The highest BCUT2D eigenvalue weighted by atomic mass is 35.5. The van der Waals surface area contributed by atoms with Crippen LogP contribution in [0.5, 0.6) is 0 Å². The molecule has 1 heterocycles. The molecule has 2 rings (SSSR count). The average Bonchev–Trinajstić information content (AvgIpc) is 2.95. The number of hydrogen-bond donors (Lipinski definition) is 2. The number of carbonyl (C=O) groups is 2. The second-order valence-electron chi connectivity index (χ2n) is 4.81. The van der Waals surface area contributed by atoms with E-state index in [0.717, 1.165) is 12.8 Å². The van der Waals surface area contributed by atoms with Crippen LogP contribution in [-0.2, 0) is 4.79 Å². The van der Waals surface area contributed by atoms with Gasteiger partial charge in [0, 0.05) is 17.0 Å². The molecule has 0 aliphatic rings. The molecule has 2 N–H and O–H groups in total. The summed E-state index contributed by atoms with van der Waals surface area (Å²) in [6, 6.07) is 7.87. The van der Waals surface area contributed by atoms with Crippen LogP contribution in [0.2, 0.25) is 5.02 Å². The van der Waals surface area contributed by atoms with Crippen molar-refractivity contribution in [3.05, 3.63) is 41.1 Å². The molecule has 0 saturated carbocycles. The van der Waals surface area contributed by atoms with E-state index in [-0.39, 0.29) is 11.7 Å². The number of amides is 1. The van der Waals surface area contributed by atoms with Crippen LogP contribution >= 0.6 is 11.6 Å². The number of benzene rings is 1. The van der Waals surface area contributed by atoms with Crippen molar-refractivity contribution in [3.8, 4) is 11.3 Å². The lowest BCUT2D eigenvalue weighted by atomic mass is 10.1. The molecular weight excluding hydrogens is 306 g/mol. The minimum Gasteiger partial charge on any atom is -0.475 e. The van der Waals surface area contributed by atoms with Gasteiger partial charge in [0.25, 0.3) is 0 Å². The largest absolute Gasteiger partial charge is 0.475 e. The van der Waals surface area contributed by atoms with Crippen LogP contribution in [0.1, 0.15) is 36.7 Å². The predicted octanol–water partition coefficient (Wildman–Crippen LogP) is 4.43. The molecule has 1 aromatic carbocycles. The zero-order valence-electron chi connectivity index (χ0n) is 12.1. The average molecular weight is 322 g/mol. The highest BCUT2D eigenvalue weighted by Gasteiger charge is 2.15. The molecule has 0 spiro atoms. The number of carboxylic acid groups (broad SMARTS) is 1. The van der Waals surface area contributed by atoms with Gasteiger partial charge in [-0.3, -0.25) is 4.79 Å². The molecule has 0 aliphatic heterocycles. The molecule has 0 atom stereocenters. The van der Waals surface area contributed by atoms with Crippen LogP contribution in [0.4, 0.5) is 5.69 Å². The summed E-state index contributed by atoms with van der Waals surface area (Å²) in [5.41, 5.74) is 1.08. The maximum atomic E-state index is 11.9. The van der Waals surface area contributed by atoms with Gasteiger partial charge in [-0.05, 0) is 36.8 Å². The summed E-state index contributed by atoms with van der Waals surface area (Å²) in [7, 11) is 0. The smallest absolute Gasteiger partial charge is 0.371 e. The van der Waals surface area contributed by atoms with Crippen molar-refractivity contribution in [2.75, 3.05) is 5.32 Å². The number of carbonyl (C=O) groups excluding carboxylic acids is 1. The van der Waals surface area contributed by atoms with Crippen LogP contribution in [0, 0.1) is 0 Å². The summed E-state index contributed by atoms with van der Waals surface area (Å²) >= 11 is 5.97. The van der Waals surface area contributed by atoms with E-state index in [9.17, 15) is 9.59 Å². The zero-order valence-corrected chi connectivity index (χ0v) is 12.8. The Morgan fingerprint density at radius 2 is 2.05 bits per heavy atom. The van der Waals surface area contributed by atoms with E-state index < -0.39 is 5.97 Å². The summed E-state index contributed by atoms with van der Waals surface area (Å²) in [4.78, 5) is 22.8. The quantitative estimate of drug-likeness (QED) is 0.825. The predicted molar refractivity (Wildman–Crippen MR) is 84.3 cm³/mol. The molecule has 1 aromatic heterocycles. The number of hydrogen-bond acceptors (Lipinski definition) is 3. The summed E-state index contributed by atoms with van der Waals surface area (Å²) in [5.74, 6) is -1.06. The third-order valence-electron chi connectivity index (χ3n) is 3.10. The Bertz CT molecular complexity index is 693. The zero-order chi connectivity index (χ0) is 16.1. The van der Waals surface area contributed by atoms with Crippen molar-refractivity contribution < 1.29 is 19.1 Å². The van der Waals surface area contributed by atoms with Gasteiger partial charge < -0.3 is 14.8 Å². The maximum Gasteiger partial charge on any atom is 0.371 e. The van der Waals surface area contributed by atoms with Crippen molar-refractivity contribution >= 4 is 29.2 Å². The lowest BCUT2D eigenvalue weighted by Crippen LogP contribution is -2.11. The Kier molecular flexibility index (Phi) is 5.22. The van der Waals surface area contributed by atoms with Gasteiger partial charge in [0.05, 0.1) is 5.69 Å². The molecule has 1 amide bonds. The van der Waals surface area contributed by atoms with E-state index in [4.69, 9.17) is 21.1 Å². The summed E-state index contributed by atoms with van der Waals surface area (Å²) in [6.07, 6.45) is 2.14. The number of halogens is 1. The Balaban J connectivity index is 2.30. The highest BCUT2D eigenvalue weighted by molar-refractivity contribution is 6.31. The monoisotopic (exact) mass is 321 g/mol. The SMILES string of the molecule is CCCCC(=O)Nc1cc(Cl)ccc1-c1ccc(C(=O)O)o1. The normalized spacial score (nSPS) is 10.5. The van der Waals surface area contributed by atoms with Gasteiger partial charge in [-0.2, -0.15) is 0 Å². The Hall–Kier alpha value is -2.27. The van der Waals surface area contributed by atoms with Gasteiger partial charge in [-0.25, -0.2) is 4.79 Å². The van der Waals surface area contributed by atoms with Crippen molar-refractivity contribution in [2.45, 2.75) is 26.2 Å². The molecule has 116 valence electrons. The van der Waals surface area contributed by atoms with Crippen LogP contribution in [0.15, 0.2) is 34.7 Å². The third kappa shape index (κ3) is 3.89. The van der Waals surface area contributed by atoms with Crippen molar-refractivity contribution in [3.63, 3.8) is 0 Å². The number of carboxylic acids is 1. The number of rotatable bonds is 6. The topological polar surface area (TPSA) is 79.5 Å². The van der Waals surface area contributed by atoms with Crippen LogP contribution in [0.3, 0.4) is 0 Å². The number of nitrogens with one attached hydrogen (secondary N) is 1. The van der Waals surface area contributed by atoms with E-state index in [2.05, 4.69) is 5.32 Å². The number of aromatic carboxylic acids is 1. The van der Waals surface area contributed by atoms with Gasteiger partial charge in [0.1, 0.15) is 5.76 Å². The van der Waals surface area contributed by atoms with Crippen LogP contribution in [0.25, 0.3) is 11.3 Å². The molecule has 6 heteroatoms. The maximum absolute atomic E-state index is 11.9. The van der Waals surface area contributed by atoms with Gasteiger partial charge in [-0.15, -0.1) is 0 Å². The number of anilines is 1. The lowest BCUT2D eigenvalue weighted by molar-refractivity contribution is -0.116. The first-order valence-corrected chi connectivity index (χ1v) is 7.32. The molecule has 0 aliphatic carbocycles. The van der Waals surface area contributed by atoms with Gasteiger partial charge in [0.2, 0.25) is 11.7 Å². The third-order valence-corrected chi connectivity index (χ3v) is 3.33. The van der Waals surface area contributed by atoms with E-state index in [1.165, 1.54) is 6.07 Å². The van der Waals surface area contributed by atoms with Crippen LogP contribution < -0.4 is 5.32 Å². The molecule has 2 aromatic rings. The summed E-state index contributed by atoms with van der Waals surface area (Å²) in [5, 5.41) is 12.2. The number of furan rings is 1. The molecule has 5 nitrogen and oxygen atoms in total. The fourth-order valence-electron chi connectivity index (χ4n) is 1.98. The van der Waals surface area contributed by atoms with Crippen LogP contribution in [-0.4, -0.2) is 17.0 Å². The minimum atomic E-state index is -1.14. The Labute approximate surface area is 132 Å². The Morgan fingerprint density at radius 1 is 1.27 bits per heavy atom. The number of unbranched alkanes of at least 4 members (excludes halogenated alkanes) is 1. The molecule has 0 unspecified atom stereocenters. The molecular formula is C16H16ClNO4. The standard InChI is InChI=1S/C16H16ClNO4/c1-2-3-4-15(19)18-12-9-10(17)5-6-11(12)13-7-8-14(22-13)16(20)21/h5-9H,2-4H2,1H3,(H,18,19)(H,20,21). The second kappa shape index (κ2) is 7.13. The van der Waals surface area contributed by atoms with Crippen molar-refractivity contribution in [1.82, 2.24) is 0 Å². The fourth-order valence-corrected chi connectivity index (χ4v) is 2.15. The first kappa shape index (κ1) is 16.1. The first-order valence-electron chi connectivity index (χ1n) is 6.94. The fraction of sp³-hybridized carbons (Fsp3) is 0.250. The van der Waals surface area contributed by atoms with Crippen molar-refractivity contribution in [2.24, 2.45) is 0 Å². The van der Waals surface area contributed by atoms with E-state index in [1.54, 1.807) is 24.3 Å². The van der Waals surface area contributed by atoms with Gasteiger partial charge in [-0.1, -0.05) is 24.9 Å². The molecule has 0 saturated heterocycles. The van der Waals surface area contributed by atoms with Gasteiger partial charge >= 0.3 is 5.97 Å². The van der Waals surface area contributed by atoms with Crippen molar-refractivity contribution in [1.29, 1.82) is 0 Å². The Morgan fingerprint density at radius 3 is 2.68 bits per heavy atom. The van der Waals surface area contributed by atoms with E-state index in [1.807, 2.05) is 6.92 Å². The molecule has 0 fully saturated rings. The molecule has 22 heavy (non-hydrogen) atoms. The van der Waals surface area contributed by atoms with Gasteiger partial charge in [0.15, 0.2) is 0 Å². The minimum absolute atomic E-state index is 0.115. The van der Waals surface area contributed by atoms with E-state index >= 15 is 0 Å². The summed E-state index contributed by atoms with van der Waals surface area (Å²) < 4.78 is 5.28. The molecule has 0 radical (unpaired) electrons. The summed E-state index contributed by atoms with van der Waals surface area (Å²) in [6.45, 7) is 2.01.